The molecule has 1 aromatic carbocycles. The van der Waals surface area contributed by atoms with E-state index >= 15 is 0 Å². The van der Waals surface area contributed by atoms with Crippen molar-refractivity contribution in [1.82, 2.24) is 15.1 Å². The largest absolute Gasteiger partial charge is 0.307 e. The summed E-state index contributed by atoms with van der Waals surface area (Å²) in [6.07, 6.45) is 3.09. The molecule has 1 heterocycles. The van der Waals surface area contributed by atoms with E-state index in [0.29, 0.717) is 6.04 Å². The number of nitrogens with one attached hydrogen (secondary N) is 1. The van der Waals surface area contributed by atoms with Crippen LogP contribution in [-0.4, -0.2) is 9.78 Å². The minimum atomic E-state index is -0.198. The standard InChI is InChI=1S/C15H20FN3/c1-3-12(2)19-9-8-15(18-19)11-17-10-13-4-6-14(16)7-5-13/h4-9,12,17H,3,10-11H2,1-2H3. The van der Waals surface area contributed by atoms with Crippen LogP contribution in [0.15, 0.2) is 36.5 Å². The predicted octanol–water partition coefficient (Wildman–Crippen LogP) is 3.28. The number of nitrogens with zero attached hydrogens (tertiary/aromatic N) is 2. The van der Waals surface area contributed by atoms with Gasteiger partial charge in [-0.15, -0.1) is 0 Å². The molecule has 19 heavy (non-hydrogen) atoms. The number of hydrogen-bond acceptors (Lipinski definition) is 2. The Morgan fingerprint density at radius 2 is 1.95 bits per heavy atom. The molecule has 2 aromatic rings. The van der Waals surface area contributed by atoms with Gasteiger partial charge < -0.3 is 5.32 Å². The quantitative estimate of drug-likeness (QED) is 0.864. The Hall–Kier alpha value is -1.68. The number of halogens is 1. The van der Waals surface area contributed by atoms with Gasteiger partial charge in [-0.2, -0.15) is 5.10 Å². The van der Waals surface area contributed by atoms with E-state index in [9.17, 15) is 4.39 Å². The summed E-state index contributed by atoms with van der Waals surface area (Å²) in [5, 5.41) is 7.83. The molecule has 0 aliphatic heterocycles. The topological polar surface area (TPSA) is 29.9 Å². The number of benzene rings is 1. The number of aromatic nitrogens is 2. The summed E-state index contributed by atoms with van der Waals surface area (Å²) in [7, 11) is 0. The van der Waals surface area contributed by atoms with Crippen molar-refractivity contribution in [1.29, 1.82) is 0 Å². The van der Waals surface area contributed by atoms with Crippen LogP contribution >= 0.6 is 0 Å². The van der Waals surface area contributed by atoms with Crippen molar-refractivity contribution in [2.75, 3.05) is 0 Å². The van der Waals surface area contributed by atoms with Crippen LogP contribution in [0.5, 0.6) is 0 Å². The Kier molecular flexibility index (Phi) is 4.68. The first-order valence-corrected chi connectivity index (χ1v) is 6.68. The van der Waals surface area contributed by atoms with Gasteiger partial charge in [0, 0.05) is 25.3 Å². The van der Waals surface area contributed by atoms with Crippen molar-refractivity contribution in [3.8, 4) is 0 Å². The monoisotopic (exact) mass is 261 g/mol. The summed E-state index contributed by atoms with van der Waals surface area (Å²) in [4.78, 5) is 0. The highest BCUT2D eigenvalue weighted by atomic mass is 19.1. The molecule has 1 aromatic heterocycles. The van der Waals surface area contributed by atoms with Gasteiger partial charge in [0.2, 0.25) is 0 Å². The first-order valence-electron chi connectivity index (χ1n) is 6.68. The normalized spacial score (nSPS) is 12.6. The second kappa shape index (κ2) is 6.48. The van der Waals surface area contributed by atoms with Crippen molar-refractivity contribution in [3.63, 3.8) is 0 Å². The van der Waals surface area contributed by atoms with Crippen LogP contribution in [0, 0.1) is 5.82 Å². The first-order chi connectivity index (χ1) is 9.19. The van der Waals surface area contributed by atoms with E-state index in [1.54, 1.807) is 12.1 Å². The SMILES string of the molecule is CCC(C)n1ccc(CNCc2ccc(F)cc2)n1. The smallest absolute Gasteiger partial charge is 0.123 e. The van der Waals surface area contributed by atoms with E-state index in [0.717, 1.165) is 30.8 Å². The van der Waals surface area contributed by atoms with Crippen LogP contribution < -0.4 is 5.32 Å². The van der Waals surface area contributed by atoms with Gasteiger partial charge in [0.25, 0.3) is 0 Å². The fraction of sp³-hybridized carbons (Fsp3) is 0.400. The minimum Gasteiger partial charge on any atom is -0.307 e. The first kappa shape index (κ1) is 13.7. The summed E-state index contributed by atoms with van der Waals surface area (Å²) in [6.45, 7) is 5.75. The van der Waals surface area contributed by atoms with E-state index in [2.05, 4.69) is 24.3 Å². The van der Waals surface area contributed by atoms with Crippen molar-refractivity contribution >= 4 is 0 Å². The second-order valence-electron chi connectivity index (χ2n) is 4.77. The Labute approximate surface area is 113 Å². The van der Waals surface area contributed by atoms with Crippen LogP contribution in [0.1, 0.15) is 37.6 Å². The van der Waals surface area contributed by atoms with Crippen molar-refractivity contribution in [2.45, 2.75) is 39.4 Å². The van der Waals surface area contributed by atoms with Gasteiger partial charge in [-0.1, -0.05) is 19.1 Å². The molecular formula is C15H20FN3. The highest BCUT2D eigenvalue weighted by Gasteiger charge is 2.04. The van der Waals surface area contributed by atoms with Gasteiger partial charge in [0.1, 0.15) is 5.82 Å². The molecule has 0 bridgehead atoms. The van der Waals surface area contributed by atoms with Gasteiger partial charge in [-0.05, 0) is 37.1 Å². The van der Waals surface area contributed by atoms with Gasteiger partial charge in [0.15, 0.2) is 0 Å². The minimum absolute atomic E-state index is 0.198. The van der Waals surface area contributed by atoms with E-state index in [1.165, 1.54) is 12.1 Å². The molecule has 0 fully saturated rings. The molecule has 0 spiro atoms. The van der Waals surface area contributed by atoms with E-state index in [1.807, 2.05) is 16.9 Å². The predicted molar refractivity (Wildman–Crippen MR) is 74.2 cm³/mol. The Morgan fingerprint density at radius 3 is 2.63 bits per heavy atom. The van der Waals surface area contributed by atoms with E-state index in [4.69, 9.17) is 0 Å². The molecule has 2 rings (SSSR count). The molecule has 0 saturated heterocycles. The molecule has 1 unspecified atom stereocenters. The lowest BCUT2D eigenvalue weighted by Gasteiger charge is -2.08. The lowest BCUT2D eigenvalue weighted by Crippen LogP contribution is -2.14. The Morgan fingerprint density at radius 1 is 1.21 bits per heavy atom. The number of rotatable bonds is 6. The van der Waals surface area contributed by atoms with Crippen LogP contribution in [0.4, 0.5) is 4.39 Å². The zero-order valence-electron chi connectivity index (χ0n) is 11.4. The third-order valence-electron chi connectivity index (χ3n) is 3.25. The molecule has 102 valence electrons. The summed E-state index contributed by atoms with van der Waals surface area (Å²) in [6, 6.07) is 9.01. The fourth-order valence-electron chi connectivity index (χ4n) is 1.84. The molecule has 4 heteroatoms. The molecule has 0 aliphatic carbocycles. The van der Waals surface area contributed by atoms with Gasteiger partial charge in [-0.3, -0.25) is 4.68 Å². The van der Waals surface area contributed by atoms with Crippen molar-refractivity contribution < 1.29 is 4.39 Å². The van der Waals surface area contributed by atoms with Crippen LogP contribution in [0.25, 0.3) is 0 Å². The van der Waals surface area contributed by atoms with Crippen LogP contribution in [-0.2, 0) is 13.1 Å². The summed E-state index contributed by atoms with van der Waals surface area (Å²) in [5.41, 5.74) is 2.10. The van der Waals surface area contributed by atoms with Crippen LogP contribution in [0.2, 0.25) is 0 Å². The van der Waals surface area contributed by atoms with Crippen molar-refractivity contribution in [2.24, 2.45) is 0 Å². The van der Waals surface area contributed by atoms with Crippen molar-refractivity contribution in [3.05, 3.63) is 53.6 Å². The summed E-state index contributed by atoms with van der Waals surface area (Å²) >= 11 is 0. The maximum absolute atomic E-state index is 12.8. The summed E-state index contributed by atoms with van der Waals surface area (Å²) < 4.78 is 14.7. The van der Waals surface area contributed by atoms with Gasteiger partial charge >= 0.3 is 0 Å². The molecule has 3 nitrogen and oxygen atoms in total. The molecule has 1 N–H and O–H groups in total. The van der Waals surface area contributed by atoms with Gasteiger partial charge in [0.05, 0.1) is 5.69 Å². The second-order valence-corrected chi connectivity index (χ2v) is 4.77. The average Bonchev–Trinajstić information content (AvgIpc) is 2.89. The summed E-state index contributed by atoms with van der Waals surface area (Å²) in [5.74, 6) is -0.198. The lowest BCUT2D eigenvalue weighted by atomic mass is 10.2. The highest BCUT2D eigenvalue weighted by molar-refractivity contribution is 5.15. The Balaban J connectivity index is 1.82. The molecule has 0 aliphatic rings. The average molecular weight is 261 g/mol. The zero-order chi connectivity index (χ0) is 13.7. The molecule has 0 amide bonds. The molecule has 1 atom stereocenters. The molecule has 0 radical (unpaired) electrons. The number of hydrogen-bond donors (Lipinski definition) is 1. The zero-order valence-corrected chi connectivity index (χ0v) is 11.4. The maximum Gasteiger partial charge on any atom is 0.123 e. The molecule has 0 saturated carbocycles. The third kappa shape index (κ3) is 3.89. The van der Waals surface area contributed by atoms with E-state index in [-0.39, 0.29) is 5.82 Å². The van der Waals surface area contributed by atoms with Crippen LogP contribution in [0.3, 0.4) is 0 Å². The highest BCUT2D eigenvalue weighted by Crippen LogP contribution is 2.09. The lowest BCUT2D eigenvalue weighted by molar-refractivity contribution is 0.471. The van der Waals surface area contributed by atoms with E-state index < -0.39 is 0 Å². The Bertz CT molecular complexity index is 504. The third-order valence-corrected chi connectivity index (χ3v) is 3.25. The molecular weight excluding hydrogens is 241 g/mol. The fourth-order valence-corrected chi connectivity index (χ4v) is 1.84. The van der Waals surface area contributed by atoms with Gasteiger partial charge in [-0.25, -0.2) is 4.39 Å². The maximum atomic E-state index is 12.8.